The molecule has 6 heteroatoms. The number of hydrogen-bond acceptors (Lipinski definition) is 0. The van der Waals surface area contributed by atoms with E-state index in [0.717, 1.165) is 13.1 Å². The number of rotatable bonds is 7. The van der Waals surface area contributed by atoms with Gasteiger partial charge in [-0.1, -0.05) is 0 Å². The molecular formula is C16H28I2N4. The first-order valence-electron chi connectivity index (χ1n) is 7.69. The Morgan fingerprint density at radius 1 is 0.727 bits per heavy atom. The Morgan fingerprint density at radius 3 is 1.36 bits per heavy atom. The Bertz CT molecular complexity index is 483. The van der Waals surface area contributed by atoms with Crippen LogP contribution in [0.2, 0.25) is 0 Å². The van der Waals surface area contributed by atoms with Crippen LogP contribution in [0.3, 0.4) is 0 Å². The molecule has 2 aromatic heterocycles. The molecule has 0 aromatic carbocycles. The Hall–Kier alpha value is -0.120. The third-order valence-electron chi connectivity index (χ3n) is 3.70. The fourth-order valence-corrected chi connectivity index (χ4v) is 2.29. The molecule has 2 aromatic rings. The molecule has 2 rings (SSSR count). The summed E-state index contributed by atoms with van der Waals surface area (Å²) in [5.41, 5.74) is 0. The quantitative estimate of drug-likeness (QED) is 0.201. The monoisotopic (exact) mass is 530 g/mol. The van der Waals surface area contributed by atoms with E-state index in [-0.39, 0.29) is 48.0 Å². The number of hydrogen-bond donors (Lipinski definition) is 0. The lowest BCUT2D eigenvalue weighted by Crippen LogP contribution is -3.00. The normalized spacial score (nSPS) is 10.6. The molecule has 0 saturated heterocycles. The molecular weight excluding hydrogens is 502 g/mol. The van der Waals surface area contributed by atoms with Gasteiger partial charge in [-0.15, -0.1) is 0 Å². The lowest BCUT2D eigenvalue weighted by Gasteiger charge is -1.99. The Labute approximate surface area is 168 Å². The third-order valence-corrected chi connectivity index (χ3v) is 3.70. The van der Waals surface area contributed by atoms with Crippen molar-refractivity contribution in [1.82, 2.24) is 9.13 Å². The van der Waals surface area contributed by atoms with Crippen molar-refractivity contribution < 1.29 is 57.1 Å². The van der Waals surface area contributed by atoms with Crippen molar-refractivity contribution in [2.75, 3.05) is 0 Å². The fourth-order valence-electron chi connectivity index (χ4n) is 2.29. The van der Waals surface area contributed by atoms with E-state index in [1.54, 1.807) is 0 Å². The smallest absolute Gasteiger partial charge is 0.243 e. The van der Waals surface area contributed by atoms with E-state index in [2.05, 4.69) is 83.4 Å². The van der Waals surface area contributed by atoms with Crippen LogP contribution in [0.1, 0.15) is 52.6 Å². The summed E-state index contributed by atoms with van der Waals surface area (Å²) in [6.45, 7) is 11.0. The van der Waals surface area contributed by atoms with Gasteiger partial charge in [-0.25, -0.2) is 18.3 Å². The number of aromatic nitrogens is 4. The Balaban J connectivity index is 0.00000220. The zero-order valence-corrected chi connectivity index (χ0v) is 18.3. The molecule has 0 fully saturated rings. The van der Waals surface area contributed by atoms with Gasteiger partial charge in [0.25, 0.3) is 0 Å². The van der Waals surface area contributed by atoms with Crippen molar-refractivity contribution in [3.05, 3.63) is 37.4 Å². The van der Waals surface area contributed by atoms with Gasteiger partial charge in [0.15, 0.2) is 0 Å². The highest BCUT2D eigenvalue weighted by Crippen LogP contribution is 2.02. The Morgan fingerprint density at radius 2 is 1.09 bits per heavy atom. The summed E-state index contributed by atoms with van der Waals surface area (Å²) in [4.78, 5) is 0. The van der Waals surface area contributed by atoms with Crippen molar-refractivity contribution in [2.45, 2.75) is 65.7 Å². The first-order chi connectivity index (χ1) is 9.56. The number of aryl methyl sites for hydroxylation is 2. The largest absolute Gasteiger partial charge is 1.00 e. The number of unbranched alkanes of at least 4 members (excludes halogenated alkanes) is 1. The maximum Gasteiger partial charge on any atom is 0.243 e. The highest BCUT2D eigenvalue weighted by atomic mass is 127. The van der Waals surface area contributed by atoms with Crippen LogP contribution in [-0.2, 0) is 13.1 Å². The van der Waals surface area contributed by atoms with Crippen LogP contribution in [0.5, 0.6) is 0 Å². The van der Waals surface area contributed by atoms with Crippen LogP contribution in [-0.4, -0.2) is 9.13 Å². The highest BCUT2D eigenvalue weighted by Gasteiger charge is 2.08. The summed E-state index contributed by atoms with van der Waals surface area (Å²) >= 11 is 0. The molecule has 0 aliphatic carbocycles. The minimum Gasteiger partial charge on any atom is -1.00 e. The predicted molar refractivity (Wildman–Crippen MR) is 79.3 cm³/mol. The molecule has 0 radical (unpaired) electrons. The van der Waals surface area contributed by atoms with Crippen molar-refractivity contribution in [3.63, 3.8) is 0 Å². The second-order valence-electron chi connectivity index (χ2n) is 6.09. The average Bonchev–Trinajstić information content (AvgIpc) is 3.04. The second kappa shape index (κ2) is 10.6. The molecule has 0 amide bonds. The molecule has 0 aliphatic rings. The SMILES string of the molecule is CC(C)n1cc[n+](CCCC[n+]2ccn(C(C)C)c2)c1.[I-].[I-]. The molecule has 0 unspecified atom stereocenters. The van der Waals surface area contributed by atoms with E-state index < -0.39 is 0 Å². The zero-order chi connectivity index (χ0) is 14.5. The minimum atomic E-state index is 0. The number of imidazole rings is 2. The van der Waals surface area contributed by atoms with E-state index in [0.29, 0.717) is 12.1 Å². The first kappa shape index (κ1) is 21.9. The van der Waals surface area contributed by atoms with Gasteiger partial charge < -0.3 is 48.0 Å². The van der Waals surface area contributed by atoms with Crippen LogP contribution in [0.25, 0.3) is 0 Å². The first-order valence-corrected chi connectivity index (χ1v) is 7.69. The zero-order valence-electron chi connectivity index (χ0n) is 14.0. The molecule has 22 heavy (non-hydrogen) atoms. The van der Waals surface area contributed by atoms with E-state index in [1.165, 1.54) is 12.8 Å². The molecule has 0 N–H and O–H groups in total. The summed E-state index contributed by atoms with van der Waals surface area (Å²) in [7, 11) is 0. The van der Waals surface area contributed by atoms with Gasteiger partial charge in [0.05, 0.1) is 25.2 Å². The summed E-state index contributed by atoms with van der Waals surface area (Å²) < 4.78 is 9.06. The average molecular weight is 530 g/mol. The molecule has 0 aliphatic heterocycles. The van der Waals surface area contributed by atoms with Gasteiger partial charge in [0, 0.05) is 0 Å². The summed E-state index contributed by atoms with van der Waals surface area (Å²) in [5.74, 6) is 0. The molecule has 0 spiro atoms. The van der Waals surface area contributed by atoms with Gasteiger partial charge in [-0.2, -0.15) is 0 Å². The van der Waals surface area contributed by atoms with E-state index in [4.69, 9.17) is 0 Å². The van der Waals surface area contributed by atoms with Crippen LogP contribution >= 0.6 is 0 Å². The molecule has 0 saturated carbocycles. The third kappa shape index (κ3) is 6.55. The maximum atomic E-state index is 2.28. The summed E-state index contributed by atoms with van der Waals surface area (Å²) in [5, 5.41) is 0. The van der Waals surface area contributed by atoms with E-state index >= 15 is 0 Å². The second-order valence-corrected chi connectivity index (χ2v) is 6.09. The molecule has 126 valence electrons. The molecule has 4 nitrogen and oxygen atoms in total. The van der Waals surface area contributed by atoms with Crippen LogP contribution in [0, 0.1) is 0 Å². The molecule has 0 bridgehead atoms. The topological polar surface area (TPSA) is 17.6 Å². The van der Waals surface area contributed by atoms with Crippen molar-refractivity contribution in [2.24, 2.45) is 0 Å². The van der Waals surface area contributed by atoms with Crippen molar-refractivity contribution in [3.8, 4) is 0 Å². The van der Waals surface area contributed by atoms with E-state index in [1.807, 2.05) is 0 Å². The van der Waals surface area contributed by atoms with Crippen molar-refractivity contribution >= 4 is 0 Å². The standard InChI is InChI=1S/C16H28N4.2HI/c1-15(2)19-11-9-17(13-19)7-5-6-8-18-10-12-20(14-18)16(3)4;;/h9-16H,5-8H2,1-4H3;2*1H/q+2;;/p-2. The summed E-state index contributed by atoms with van der Waals surface area (Å²) in [6, 6.07) is 1.09. The fraction of sp³-hybridized carbons (Fsp3) is 0.625. The number of halogens is 2. The van der Waals surface area contributed by atoms with Crippen molar-refractivity contribution in [1.29, 1.82) is 0 Å². The van der Waals surface area contributed by atoms with Crippen LogP contribution in [0.15, 0.2) is 37.4 Å². The lowest BCUT2D eigenvalue weighted by atomic mass is 10.3. The maximum absolute atomic E-state index is 2.28. The minimum absolute atomic E-state index is 0. The van der Waals surface area contributed by atoms with Gasteiger partial charge in [-0.05, 0) is 40.5 Å². The Kier molecular flexibility index (Phi) is 10.6. The predicted octanol–water partition coefficient (Wildman–Crippen LogP) is -3.49. The molecule has 0 atom stereocenters. The molecule has 2 heterocycles. The highest BCUT2D eigenvalue weighted by molar-refractivity contribution is 4.70. The van der Waals surface area contributed by atoms with Gasteiger partial charge in [-0.3, -0.25) is 0 Å². The van der Waals surface area contributed by atoms with Crippen LogP contribution in [0.4, 0.5) is 0 Å². The van der Waals surface area contributed by atoms with Gasteiger partial charge in [0.2, 0.25) is 12.7 Å². The van der Waals surface area contributed by atoms with E-state index in [9.17, 15) is 0 Å². The van der Waals surface area contributed by atoms with Gasteiger partial charge in [0.1, 0.15) is 24.8 Å². The summed E-state index contributed by atoms with van der Waals surface area (Å²) in [6.07, 6.45) is 15.5. The van der Waals surface area contributed by atoms with Gasteiger partial charge >= 0.3 is 0 Å². The number of nitrogens with zero attached hydrogens (tertiary/aromatic N) is 4. The lowest BCUT2D eigenvalue weighted by molar-refractivity contribution is -0.707. The van der Waals surface area contributed by atoms with Crippen LogP contribution < -0.4 is 57.1 Å².